The number of ether oxygens (including phenoxy) is 2. The molecule has 5 nitrogen and oxygen atoms in total. The Kier molecular flexibility index (Phi) is 4.25. The van der Waals surface area contributed by atoms with E-state index >= 15 is 0 Å². The molecule has 4 aliphatic rings. The number of Topliss-reactive ketones (excluding diaryl/α,β-unsaturated/α-hetero) is 1. The van der Waals surface area contributed by atoms with E-state index in [1.54, 1.807) is 19.3 Å². The summed E-state index contributed by atoms with van der Waals surface area (Å²) in [5, 5.41) is 9.37. The van der Waals surface area contributed by atoms with Crippen molar-refractivity contribution in [1.29, 1.82) is 0 Å². The fraction of sp³-hybridized carbons (Fsp3) is 0.714. The summed E-state index contributed by atoms with van der Waals surface area (Å²) in [7, 11) is 1.74. The van der Waals surface area contributed by atoms with Crippen molar-refractivity contribution in [3.8, 4) is 0 Å². The van der Waals surface area contributed by atoms with Gasteiger partial charge in [-0.05, 0) is 43.3 Å². The Morgan fingerprint density at radius 1 is 1.42 bits per heavy atom. The Morgan fingerprint density at radius 3 is 2.88 bits per heavy atom. The number of carbonyl (C=O) groups excluding carboxylic acids is 2. The molecule has 26 heavy (non-hydrogen) atoms. The second-order valence-corrected chi connectivity index (χ2v) is 8.84. The topological polar surface area (TPSA) is 72.8 Å². The molecule has 0 bridgehead atoms. The number of methoxy groups -OCH3 is 1. The number of hydrogen-bond acceptors (Lipinski definition) is 5. The number of ketones is 2. The molecule has 3 aliphatic carbocycles. The first-order valence-corrected chi connectivity index (χ1v) is 9.57. The van der Waals surface area contributed by atoms with Crippen LogP contribution in [0.5, 0.6) is 0 Å². The molecular formula is C21H28O5. The molecule has 0 aromatic rings. The number of aliphatic hydroxyl groups excluding tert-OH is 1. The van der Waals surface area contributed by atoms with Gasteiger partial charge in [-0.1, -0.05) is 25.5 Å². The highest BCUT2D eigenvalue weighted by molar-refractivity contribution is 6.01. The second-order valence-electron chi connectivity index (χ2n) is 8.84. The van der Waals surface area contributed by atoms with E-state index in [1.165, 1.54) is 5.57 Å². The van der Waals surface area contributed by atoms with E-state index in [0.29, 0.717) is 12.5 Å². The predicted octanol–water partition coefficient (Wildman–Crippen LogP) is 2.09. The van der Waals surface area contributed by atoms with Gasteiger partial charge in [0.15, 0.2) is 11.6 Å². The Bertz CT molecular complexity index is 695. The van der Waals surface area contributed by atoms with Gasteiger partial charge in [-0.15, -0.1) is 0 Å². The van der Waals surface area contributed by atoms with Crippen LogP contribution in [0.1, 0.15) is 33.1 Å². The van der Waals surface area contributed by atoms with Gasteiger partial charge in [0, 0.05) is 23.9 Å². The number of hydrogen-bond donors (Lipinski definition) is 1. The number of allylic oxidation sites excluding steroid dienone is 4. The lowest BCUT2D eigenvalue weighted by Crippen LogP contribution is -2.58. The normalized spacial score (nSPS) is 47.0. The summed E-state index contributed by atoms with van der Waals surface area (Å²) in [5.74, 6) is 0.748. The maximum Gasteiger partial charge on any atom is 0.187 e. The quantitative estimate of drug-likeness (QED) is 0.834. The van der Waals surface area contributed by atoms with E-state index in [9.17, 15) is 14.7 Å². The molecule has 3 fully saturated rings. The molecule has 0 radical (unpaired) electrons. The number of carbonyl (C=O) groups is 2. The first-order valence-electron chi connectivity index (χ1n) is 9.57. The van der Waals surface area contributed by atoms with Gasteiger partial charge in [-0.2, -0.15) is 0 Å². The van der Waals surface area contributed by atoms with Crippen LogP contribution in [0.4, 0.5) is 0 Å². The maximum absolute atomic E-state index is 12.3. The largest absolute Gasteiger partial charge is 0.388 e. The third-order valence-electron chi connectivity index (χ3n) is 7.70. The van der Waals surface area contributed by atoms with Gasteiger partial charge in [0.05, 0.1) is 12.7 Å². The molecule has 4 rings (SSSR count). The lowest BCUT2D eigenvalue weighted by Gasteiger charge is -2.58. The summed E-state index contributed by atoms with van der Waals surface area (Å²) in [6, 6.07) is 0. The first kappa shape index (κ1) is 18.1. The van der Waals surface area contributed by atoms with Crippen LogP contribution in [0.25, 0.3) is 0 Å². The van der Waals surface area contributed by atoms with Gasteiger partial charge in [0.25, 0.3) is 0 Å². The smallest absolute Gasteiger partial charge is 0.187 e. The second kappa shape index (κ2) is 6.11. The fourth-order valence-corrected chi connectivity index (χ4v) is 6.44. The molecule has 7 atom stereocenters. The Hall–Kier alpha value is -1.30. The summed E-state index contributed by atoms with van der Waals surface area (Å²) < 4.78 is 11.9. The van der Waals surface area contributed by atoms with Crippen molar-refractivity contribution in [1.82, 2.24) is 0 Å². The minimum Gasteiger partial charge on any atom is -0.388 e. The lowest BCUT2D eigenvalue weighted by molar-refractivity contribution is -0.145. The third-order valence-corrected chi connectivity index (χ3v) is 7.70. The van der Waals surface area contributed by atoms with E-state index in [4.69, 9.17) is 9.47 Å². The number of fused-ring (bicyclic) bond motifs is 5. The zero-order valence-electron chi connectivity index (χ0n) is 15.7. The SMILES string of the molecule is COC1CC2(C)C(C(=O)CO)OCC2C2CCC3=CC(=O)C=CC3(C)C12. The zero-order valence-corrected chi connectivity index (χ0v) is 15.7. The molecule has 0 aromatic heterocycles. The van der Waals surface area contributed by atoms with Gasteiger partial charge in [0.2, 0.25) is 0 Å². The Labute approximate surface area is 154 Å². The summed E-state index contributed by atoms with van der Waals surface area (Å²) >= 11 is 0. The van der Waals surface area contributed by atoms with E-state index in [2.05, 4.69) is 19.9 Å². The molecule has 1 saturated heterocycles. The highest BCUT2D eigenvalue weighted by atomic mass is 16.5. The molecular weight excluding hydrogens is 332 g/mol. The molecule has 0 aromatic carbocycles. The summed E-state index contributed by atoms with van der Waals surface area (Å²) in [4.78, 5) is 24.2. The van der Waals surface area contributed by atoms with Gasteiger partial charge in [0.1, 0.15) is 12.7 Å². The van der Waals surface area contributed by atoms with Crippen LogP contribution >= 0.6 is 0 Å². The number of rotatable bonds is 3. The fourth-order valence-electron chi connectivity index (χ4n) is 6.44. The molecule has 1 aliphatic heterocycles. The molecule has 5 heteroatoms. The van der Waals surface area contributed by atoms with Crippen molar-refractivity contribution >= 4 is 11.6 Å². The van der Waals surface area contributed by atoms with Crippen molar-refractivity contribution in [2.75, 3.05) is 20.3 Å². The molecule has 2 saturated carbocycles. The van der Waals surface area contributed by atoms with Crippen LogP contribution in [0.2, 0.25) is 0 Å². The van der Waals surface area contributed by atoms with E-state index in [1.807, 2.05) is 0 Å². The van der Waals surface area contributed by atoms with Gasteiger partial charge >= 0.3 is 0 Å². The standard InChI is InChI=1S/C21H28O5/c1-20-7-6-13(23)8-12(20)4-5-14-15-11-26-19(16(24)10-22)21(15,2)9-17(25-3)18(14)20/h6-8,14-15,17-19,22H,4-5,9-11H2,1-3H3. The van der Waals surface area contributed by atoms with Gasteiger partial charge in [-0.25, -0.2) is 0 Å². The average Bonchev–Trinajstić information content (AvgIpc) is 2.97. The summed E-state index contributed by atoms with van der Waals surface area (Å²) in [6.07, 6.45) is 7.62. The zero-order chi connectivity index (χ0) is 18.7. The first-order chi connectivity index (χ1) is 12.3. The van der Waals surface area contributed by atoms with Crippen molar-refractivity contribution in [3.05, 3.63) is 23.8 Å². The Morgan fingerprint density at radius 2 is 2.19 bits per heavy atom. The van der Waals surface area contributed by atoms with Crippen LogP contribution in [-0.2, 0) is 19.1 Å². The maximum atomic E-state index is 12.3. The Balaban J connectivity index is 1.74. The average molecular weight is 360 g/mol. The minimum absolute atomic E-state index is 0.0107. The van der Waals surface area contributed by atoms with Crippen LogP contribution in [0, 0.1) is 28.6 Å². The van der Waals surface area contributed by atoms with Crippen LogP contribution < -0.4 is 0 Å². The molecule has 0 spiro atoms. The van der Waals surface area contributed by atoms with E-state index in [0.717, 1.165) is 19.3 Å². The third kappa shape index (κ3) is 2.33. The van der Waals surface area contributed by atoms with Gasteiger partial charge < -0.3 is 14.6 Å². The lowest BCUT2D eigenvalue weighted by atomic mass is 9.46. The van der Waals surface area contributed by atoms with Crippen LogP contribution in [-0.4, -0.2) is 49.2 Å². The van der Waals surface area contributed by atoms with Crippen LogP contribution in [0.3, 0.4) is 0 Å². The molecule has 1 heterocycles. The molecule has 7 unspecified atom stereocenters. The van der Waals surface area contributed by atoms with Crippen molar-refractivity contribution in [2.45, 2.75) is 45.3 Å². The molecule has 142 valence electrons. The highest BCUT2D eigenvalue weighted by Crippen LogP contribution is 2.63. The van der Waals surface area contributed by atoms with E-state index < -0.39 is 12.7 Å². The van der Waals surface area contributed by atoms with Crippen LogP contribution in [0.15, 0.2) is 23.8 Å². The summed E-state index contributed by atoms with van der Waals surface area (Å²) in [6.45, 7) is 4.43. The van der Waals surface area contributed by atoms with Crippen molar-refractivity contribution in [3.63, 3.8) is 0 Å². The number of aliphatic hydroxyl groups is 1. The molecule has 0 amide bonds. The predicted molar refractivity (Wildman–Crippen MR) is 95.4 cm³/mol. The monoisotopic (exact) mass is 360 g/mol. The summed E-state index contributed by atoms with van der Waals surface area (Å²) in [5.41, 5.74) is 0.713. The van der Waals surface area contributed by atoms with E-state index in [-0.39, 0.29) is 40.3 Å². The minimum atomic E-state index is -0.552. The van der Waals surface area contributed by atoms with Crippen molar-refractivity contribution < 1.29 is 24.2 Å². The van der Waals surface area contributed by atoms with Crippen molar-refractivity contribution in [2.24, 2.45) is 28.6 Å². The highest BCUT2D eigenvalue weighted by Gasteiger charge is 2.63. The molecule has 1 N–H and O–H groups in total. The van der Waals surface area contributed by atoms with Gasteiger partial charge in [-0.3, -0.25) is 9.59 Å².